The average Bonchev–Trinajstić information content (AvgIpc) is 3.38. The van der Waals surface area contributed by atoms with Gasteiger partial charge in [-0.2, -0.15) is 0 Å². The third-order valence-corrected chi connectivity index (χ3v) is 11.4. The summed E-state index contributed by atoms with van der Waals surface area (Å²) in [5.41, 5.74) is 7.17. The van der Waals surface area contributed by atoms with Crippen LogP contribution in [0.15, 0.2) is 54.3 Å². The van der Waals surface area contributed by atoms with Gasteiger partial charge in [-0.3, -0.25) is 4.79 Å². The molecule has 0 saturated heterocycles. The summed E-state index contributed by atoms with van der Waals surface area (Å²) in [5.74, 6) is 0.547. The van der Waals surface area contributed by atoms with Crippen LogP contribution in [-0.2, 0) is 31.3 Å². The summed E-state index contributed by atoms with van der Waals surface area (Å²) < 4.78 is 2.81. The van der Waals surface area contributed by atoms with Crippen molar-refractivity contribution in [1.29, 1.82) is 0 Å². The number of aliphatic hydroxyl groups is 1. The van der Waals surface area contributed by atoms with Gasteiger partial charge in [0.1, 0.15) is 0 Å². The van der Waals surface area contributed by atoms with Gasteiger partial charge in [-0.1, -0.05) is 27.7 Å². The molecule has 0 atom stereocenters. The van der Waals surface area contributed by atoms with Gasteiger partial charge < -0.3 is 5.11 Å². The minimum atomic E-state index is 0. The molecule has 0 saturated carbocycles. The number of rotatable bonds is 9. The van der Waals surface area contributed by atoms with Crippen molar-refractivity contribution in [2.45, 2.75) is 101 Å². The van der Waals surface area contributed by atoms with Crippen molar-refractivity contribution in [3.63, 3.8) is 0 Å². The van der Waals surface area contributed by atoms with Crippen LogP contribution in [0.3, 0.4) is 0 Å². The molecule has 0 amide bonds. The van der Waals surface area contributed by atoms with E-state index in [9.17, 15) is 9.90 Å². The number of carbonyl (C=O) groups is 1. The van der Waals surface area contributed by atoms with Crippen LogP contribution in [0.1, 0.15) is 96.5 Å². The molecule has 0 aliphatic rings. The molecule has 0 fully saturated rings. The van der Waals surface area contributed by atoms with E-state index in [1.165, 1.54) is 47.3 Å². The van der Waals surface area contributed by atoms with E-state index in [0.29, 0.717) is 0 Å². The van der Waals surface area contributed by atoms with Gasteiger partial charge >= 0.3 is 190 Å². The zero-order valence-corrected chi connectivity index (χ0v) is 33.9. The topological polar surface area (TPSA) is 63.1 Å². The molecule has 0 aliphatic heterocycles. The minimum absolute atomic E-state index is 0. The van der Waals surface area contributed by atoms with Crippen LogP contribution in [0.5, 0.6) is 0 Å². The second-order valence-corrected chi connectivity index (χ2v) is 16.1. The number of fused-ring (bicyclic) bond motifs is 5. The Balaban J connectivity index is 0.000000322. The molecule has 5 aromatic rings. The Morgan fingerprint density at radius 2 is 1.51 bits per heavy atom. The van der Waals surface area contributed by atoms with Gasteiger partial charge in [0, 0.05) is 38.0 Å². The van der Waals surface area contributed by atoms with Crippen molar-refractivity contribution in [2.24, 2.45) is 17.3 Å². The largest absolute Gasteiger partial charge is 0 e. The van der Waals surface area contributed by atoms with Crippen LogP contribution < -0.4 is 0 Å². The normalized spacial score (nSPS) is 12.1. The maximum atomic E-state index is 11.7. The maximum absolute atomic E-state index is 11.7. The number of ketones is 1. The van der Waals surface area contributed by atoms with E-state index in [-0.39, 0.29) is 63.4 Å². The van der Waals surface area contributed by atoms with Crippen LogP contribution in [0.25, 0.3) is 41.3 Å². The number of allylic oxidation sites excluding steroid dienone is 2. The first kappa shape index (κ1) is 38.8. The van der Waals surface area contributed by atoms with Crippen molar-refractivity contribution < 1.29 is 30.0 Å². The van der Waals surface area contributed by atoms with Gasteiger partial charge in [0.25, 0.3) is 0 Å². The zero-order valence-electron chi connectivity index (χ0n) is 29.8. The number of nitrogens with zero attached hydrogens (tertiary/aromatic N) is 2. The van der Waals surface area contributed by atoms with Gasteiger partial charge in [-0.25, -0.2) is 0 Å². The van der Waals surface area contributed by atoms with Gasteiger partial charge in [-0.05, 0) is 25.7 Å². The standard InChI is InChI=1S/C28H27N2Se.C13H24O2.Ir/c1-16-11-17(2)13-21(12-16)25-27-24(18(3)29-30-25)23-10-8-20-14-19(15-28(4,5)6)7-9-22(20)26(23)31-27;1-5-10(6-2)12(14)9-13(15)11(7-3)8-4;/h7-12,14H,15H2,1-6H3;9-11,14H,5-8H2,1-4H3;/q-1;;/b;12-9-;. The Labute approximate surface area is 301 Å². The number of aliphatic hydroxyl groups excluding tert-OH is 1. The fraction of sp³-hybridized carbons (Fsp3) is 0.439. The predicted octanol–water partition coefficient (Wildman–Crippen LogP) is 10.8. The Kier molecular flexibility index (Phi) is 13.8. The fourth-order valence-electron chi connectivity index (χ4n) is 6.38. The number of aromatic nitrogens is 2. The number of benzene rings is 3. The SMILES string of the molecule is CCC(CC)C(=O)/C=C(\O)C(CC)CC.Cc1[c-]c(-c2nnc(C)c3c2[se]c2c4ccc(CC(C)(C)C)cc4ccc23)cc(C)c1.[Ir]. The molecule has 0 spiro atoms. The van der Waals surface area contributed by atoms with Crippen LogP contribution in [0, 0.1) is 44.1 Å². The van der Waals surface area contributed by atoms with Crippen LogP contribution in [-0.4, -0.2) is 35.6 Å². The van der Waals surface area contributed by atoms with E-state index in [1.54, 1.807) is 0 Å². The molecule has 5 rings (SSSR count). The van der Waals surface area contributed by atoms with E-state index in [2.05, 4.69) is 100 Å². The third kappa shape index (κ3) is 9.30. The summed E-state index contributed by atoms with van der Waals surface area (Å²) in [4.78, 5) is 11.7. The molecule has 0 unspecified atom stereocenters. The van der Waals surface area contributed by atoms with Crippen molar-refractivity contribution in [3.05, 3.63) is 82.8 Å². The Hall–Kier alpha value is -2.62. The van der Waals surface area contributed by atoms with Crippen LogP contribution in [0.4, 0.5) is 0 Å². The second kappa shape index (κ2) is 16.7. The summed E-state index contributed by atoms with van der Waals surface area (Å²) in [7, 11) is 0. The molecule has 6 heteroatoms. The smallest absolute Gasteiger partial charge is 0 e. The summed E-state index contributed by atoms with van der Waals surface area (Å²) >= 11 is 0.192. The maximum Gasteiger partial charge on any atom is 0 e. The predicted molar refractivity (Wildman–Crippen MR) is 197 cm³/mol. The van der Waals surface area contributed by atoms with Gasteiger partial charge in [-0.15, -0.1) is 0 Å². The molecule has 47 heavy (non-hydrogen) atoms. The Bertz CT molecular complexity index is 1850. The first-order valence-electron chi connectivity index (χ1n) is 16.9. The molecule has 0 aliphatic carbocycles. The van der Waals surface area contributed by atoms with Crippen molar-refractivity contribution in [1.82, 2.24) is 10.2 Å². The number of aryl methyl sites for hydroxylation is 3. The molecule has 2 heterocycles. The monoisotopic (exact) mass is 876 g/mol. The molecule has 253 valence electrons. The Morgan fingerprint density at radius 1 is 0.872 bits per heavy atom. The number of hydrogen-bond acceptors (Lipinski definition) is 4. The molecular weight excluding hydrogens is 824 g/mol. The summed E-state index contributed by atoms with van der Waals surface area (Å²) in [6.07, 6.45) is 5.99. The van der Waals surface area contributed by atoms with E-state index >= 15 is 0 Å². The van der Waals surface area contributed by atoms with Gasteiger partial charge in [0.05, 0.1) is 5.76 Å². The summed E-state index contributed by atoms with van der Waals surface area (Å²) in [6.45, 7) is 21.3. The van der Waals surface area contributed by atoms with E-state index < -0.39 is 0 Å². The first-order chi connectivity index (χ1) is 21.8. The molecule has 1 radical (unpaired) electrons. The molecule has 4 nitrogen and oxygen atoms in total. The number of carbonyl (C=O) groups excluding carboxylic acids is 1. The zero-order chi connectivity index (χ0) is 33.8. The van der Waals surface area contributed by atoms with Crippen LogP contribution >= 0.6 is 0 Å². The van der Waals surface area contributed by atoms with Gasteiger partial charge in [0.15, 0.2) is 5.78 Å². The molecule has 0 bridgehead atoms. The van der Waals surface area contributed by atoms with Crippen molar-refractivity contribution in [3.8, 4) is 11.3 Å². The van der Waals surface area contributed by atoms with Crippen LogP contribution in [0.2, 0.25) is 0 Å². The molecule has 3 aromatic carbocycles. The van der Waals surface area contributed by atoms with E-state index in [1.807, 2.05) is 27.7 Å². The van der Waals surface area contributed by atoms with Crippen molar-refractivity contribution >= 4 is 50.4 Å². The van der Waals surface area contributed by atoms with Gasteiger partial charge in [0.2, 0.25) is 0 Å². The summed E-state index contributed by atoms with van der Waals surface area (Å²) in [5, 5.41) is 24.3. The molecule has 2 aromatic heterocycles. The van der Waals surface area contributed by atoms with E-state index in [4.69, 9.17) is 0 Å². The molecular formula is C41H51IrN2O2Se-. The molecule has 1 N–H and O–H groups in total. The minimum Gasteiger partial charge on any atom is 0 e. The summed E-state index contributed by atoms with van der Waals surface area (Å²) in [6, 6.07) is 19.5. The number of hydrogen-bond donors (Lipinski definition) is 1. The van der Waals surface area contributed by atoms with Crippen molar-refractivity contribution in [2.75, 3.05) is 0 Å². The first-order valence-corrected chi connectivity index (χ1v) is 18.6. The van der Waals surface area contributed by atoms with E-state index in [0.717, 1.165) is 54.6 Å². The Morgan fingerprint density at radius 3 is 2.11 bits per heavy atom. The fourth-order valence-corrected chi connectivity index (χ4v) is 9.29. The third-order valence-electron chi connectivity index (χ3n) is 8.83. The quantitative estimate of drug-likeness (QED) is 0.0694. The average molecular weight is 875 g/mol. The second-order valence-electron chi connectivity index (χ2n) is 13.9.